The van der Waals surface area contributed by atoms with E-state index in [2.05, 4.69) is 12.2 Å². The minimum absolute atomic E-state index is 0.00283. The molecule has 1 aromatic carbocycles. The molecule has 5 nitrogen and oxygen atoms in total. The van der Waals surface area contributed by atoms with Crippen molar-refractivity contribution in [1.29, 1.82) is 0 Å². The van der Waals surface area contributed by atoms with Gasteiger partial charge in [-0.05, 0) is 36.5 Å². The van der Waals surface area contributed by atoms with Crippen LogP contribution in [0.25, 0.3) is 0 Å². The standard InChI is InChI=1S/C17H25N3O2/c1-13-8-10-20(12-13)17(22)18-9-7-14-5-4-6-15(11-14)16(21)19(2)3/h4-6,11,13H,7-10,12H2,1-3H3,(H,18,22)/t13-/m0/s1. The van der Waals surface area contributed by atoms with Crippen molar-refractivity contribution in [2.45, 2.75) is 19.8 Å². The molecule has 2 rings (SSSR count). The van der Waals surface area contributed by atoms with Gasteiger partial charge >= 0.3 is 6.03 Å². The maximum Gasteiger partial charge on any atom is 0.317 e. The zero-order valence-corrected chi connectivity index (χ0v) is 13.6. The molecule has 3 amide bonds. The summed E-state index contributed by atoms with van der Waals surface area (Å²) >= 11 is 0. The van der Waals surface area contributed by atoms with Gasteiger partial charge in [0.1, 0.15) is 0 Å². The zero-order chi connectivity index (χ0) is 16.1. The average Bonchev–Trinajstić information content (AvgIpc) is 2.93. The fourth-order valence-corrected chi connectivity index (χ4v) is 2.66. The van der Waals surface area contributed by atoms with Crippen molar-refractivity contribution < 1.29 is 9.59 Å². The van der Waals surface area contributed by atoms with E-state index in [1.165, 1.54) is 0 Å². The van der Waals surface area contributed by atoms with Crippen LogP contribution in [0.4, 0.5) is 4.79 Å². The van der Waals surface area contributed by atoms with Gasteiger partial charge in [0.15, 0.2) is 0 Å². The Hall–Kier alpha value is -2.04. The molecule has 5 heteroatoms. The minimum Gasteiger partial charge on any atom is -0.345 e. The Morgan fingerprint density at radius 1 is 1.36 bits per heavy atom. The fourth-order valence-electron chi connectivity index (χ4n) is 2.66. The summed E-state index contributed by atoms with van der Waals surface area (Å²) in [7, 11) is 3.48. The van der Waals surface area contributed by atoms with Crippen LogP contribution in [0.5, 0.6) is 0 Å². The highest BCUT2D eigenvalue weighted by Gasteiger charge is 2.22. The van der Waals surface area contributed by atoms with Crippen molar-refractivity contribution in [3.8, 4) is 0 Å². The number of nitrogens with one attached hydrogen (secondary N) is 1. The lowest BCUT2D eigenvalue weighted by Crippen LogP contribution is -2.39. The van der Waals surface area contributed by atoms with Gasteiger partial charge < -0.3 is 15.1 Å². The molecule has 120 valence electrons. The average molecular weight is 303 g/mol. The second kappa shape index (κ2) is 7.29. The first-order valence-electron chi connectivity index (χ1n) is 7.80. The topological polar surface area (TPSA) is 52.7 Å². The second-order valence-electron chi connectivity index (χ2n) is 6.22. The summed E-state index contributed by atoms with van der Waals surface area (Å²) in [6, 6.07) is 7.60. The van der Waals surface area contributed by atoms with E-state index in [1.54, 1.807) is 19.0 Å². The monoisotopic (exact) mass is 303 g/mol. The number of rotatable bonds is 4. The predicted octanol–water partition coefficient (Wildman–Crippen LogP) is 1.98. The van der Waals surface area contributed by atoms with Gasteiger partial charge in [0.25, 0.3) is 5.91 Å². The Bertz CT molecular complexity index is 542. The van der Waals surface area contributed by atoms with Gasteiger partial charge in [-0.2, -0.15) is 0 Å². The summed E-state index contributed by atoms with van der Waals surface area (Å²) in [5.74, 6) is 0.594. The molecule has 0 saturated carbocycles. The van der Waals surface area contributed by atoms with Crippen LogP contribution in [0.15, 0.2) is 24.3 Å². The molecule has 0 aliphatic carbocycles. The van der Waals surface area contributed by atoms with Crippen LogP contribution in [0.3, 0.4) is 0 Å². The van der Waals surface area contributed by atoms with Crippen molar-refractivity contribution in [3.63, 3.8) is 0 Å². The maximum absolute atomic E-state index is 12.0. The van der Waals surface area contributed by atoms with Crippen LogP contribution in [0.2, 0.25) is 0 Å². The zero-order valence-electron chi connectivity index (χ0n) is 13.6. The number of carbonyl (C=O) groups is 2. The lowest BCUT2D eigenvalue weighted by atomic mass is 10.1. The minimum atomic E-state index is -0.00283. The molecule has 22 heavy (non-hydrogen) atoms. The third-order valence-electron chi connectivity index (χ3n) is 3.98. The van der Waals surface area contributed by atoms with Crippen LogP contribution in [0, 0.1) is 5.92 Å². The van der Waals surface area contributed by atoms with Gasteiger partial charge in [-0.3, -0.25) is 4.79 Å². The van der Waals surface area contributed by atoms with E-state index >= 15 is 0 Å². The lowest BCUT2D eigenvalue weighted by molar-refractivity contribution is 0.0827. The van der Waals surface area contributed by atoms with E-state index < -0.39 is 0 Å². The first kappa shape index (κ1) is 16.3. The number of carbonyl (C=O) groups excluding carboxylic acids is 2. The van der Waals surface area contributed by atoms with Crippen LogP contribution in [-0.2, 0) is 6.42 Å². The summed E-state index contributed by atoms with van der Waals surface area (Å²) in [6.45, 7) is 4.45. The first-order chi connectivity index (χ1) is 10.5. The Balaban J connectivity index is 1.83. The molecule has 1 aromatic rings. The fraction of sp³-hybridized carbons (Fsp3) is 0.529. The van der Waals surface area contributed by atoms with E-state index in [0.717, 1.165) is 31.5 Å². The Morgan fingerprint density at radius 2 is 2.14 bits per heavy atom. The van der Waals surface area contributed by atoms with E-state index in [4.69, 9.17) is 0 Å². The van der Waals surface area contributed by atoms with Gasteiger partial charge in [-0.25, -0.2) is 4.79 Å². The molecule has 0 bridgehead atoms. The van der Waals surface area contributed by atoms with E-state index in [9.17, 15) is 9.59 Å². The molecule has 1 aliphatic rings. The number of nitrogens with zero attached hydrogens (tertiary/aromatic N) is 2. The number of amides is 3. The number of likely N-dealkylation sites (tertiary alicyclic amines) is 1. The normalized spacial score (nSPS) is 17.4. The van der Waals surface area contributed by atoms with Crippen LogP contribution in [-0.4, -0.2) is 55.5 Å². The van der Waals surface area contributed by atoms with Crippen molar-refractivity contribution in [3.05, 3.63) is 35.4 Å². The van der Waals surface area contributed by atoms with Crippen LogP contribution < -0.4 is 5.32 Å². The number of benzene rings is 1. The molecule has 1 N–H and O–H groups in total. The Morgan fingerprint density at radius 3 is 2.77 bits per heavy atom. The van der Waals surface area contributed by atoms with Gasteiger partial charge in [0, 0.05) is 39.3 Å². The predicted molar refractivity (Wildman–Crippen MR) is 86.9 cm³/mol. The highest BCUT2D eigenvalue weighted by Crippen LogP contribution is 2.14. The summed E-state index contributed by atoms with van der Waals surface area (Å²) in [5, 5.41) is 2.96. The quantitative estimate of drug-likeness (QED) is 0.925. The third kappa shape index (κ3) is 4.23. The molecular formula is C17H25N3O2. The molecule has 1 aliphatic heterocycles. The van der Waals surface area contributed by atoms with Gasteiger partial charge in [0.2, 0.25) is 0 Å². The molecule has 0 unspecified atom stereocenters. The van der Waals surface area contributed by atoms with Crippen molar-refractivity contribution in [2.75, 3.05) is 33.7 Å². The van der Waals surface area contributed by atoms with Crippen LogP contribution >= 0.6 is 0 Å². The summed E-state index contributed by atoms with van der Waals surface area (Å²) in [5.41, 5.74) is 1.74. The molecular weight excluding hydrogens is 278 g/mol. The van der Waals surface area contributed by atoms with Gasteiger partial charge in [-0.15, -0.1) is 0 Å². The molecule has 1 atom stereocenters. The lowest BCUT2D eigenvalue weighted by Gasteiger charge is -2.17. The highest BCUT2D eigenvalue weighted by atomic mass is 16.2. The summed E-state index contributed by atoms with van der Waals surface area (Å²) in [6.07, 6.45) is 1.81. The molecule has 0 spiro atoms. The number of hydrogen-bond acceptors (Lipinski definition) is 2. The number of hydrogen-bond donors (Lipinski definition) is 1. The summed E-state index contributed by atoms with van der Waals surface area (Å²) < 4.78 is 0. The number of urea groups is 1. The van der Waals surface area contributed by atoms with Crippen molar-refractivity contribution >= 4 is 11.9 Å². The molecule has 1 heterocycles. The van der Waals surface area contributed by atoms with Gasteiger partial charge in [0.05, 0.1) is 0 Å². The molecule has 0 radical (unpaired) electrons. The van der Waals surface area contributed by atoms with Gasteiger partial charge in [-0.1, -0.05) is 19.1 Å². The Labute approximate surface area is 132 Å². The highest BCUT2D eigenvalue weighted by molar-refractivity contribution is 5.94. The molecule has 1 saturated heterocycles. The molecule has 1 fully saturated rings. The largest absolute Gasteiger partial charge is 0.345 e. The Kier molecular flexibility index (Phi) is 5.41. The van der Waals surface area contributed by atoms with Crippen LogP contribution in [0.1, 0.15) is 29.3 Å². The van der Waals surface area contributed by atoms with Crippen molar-refractivity contribution in [1.82, 2.24) is 15.1 Å². The van der Waals surface area contributed by atoms with E-state index in [0.29, 0.717) is 18.0 Å². The maximum atomic E-state index is 12.0. The third-order valence-corrected chi connectivity index (χ3v) is 3.98. The van der Waals surface area contributed by atoms with E-state index in [-0.39, 0.29) is 11.9 Å². The smallest absolute Gasteiger partial charge is 0.317 e. The first-order valence-corrected chi connectivity index (χ1v) is 7.80. The molecule has 0 aromatic heterocycles. The van der Waals surface area contributed by atoms with E-state index in [1.807, 2.05) is 29.2 Å². The SMILES string of the molecule is C[C@H]1CCN(C(=O)NCCc2cccc(C(=O)N(C)C)c2)C1. The second-order valence-corrected chi connectivity index (χ2v) is 6.22. The summed E-state index contributed by atoms with van der Waals surface area (Å²) in [4.78, 5) is 27.4. The van der Waals surface area contributed by atoms with Crippen molar-refractivity contribution in [2.24, 2.45) is 5.92 Å².